The first-order valence-corrected chi connectivity index (χ1v) is 5.73. The summed E-state index contributed by atoms with van der Waals surface area (Å²) >= 11 is 0. The fraction of sp³-hybridized carbons (Fsp3) is 0.308. The van der Waals surface area contributed by atoms with Gasteiger partial charge < -0.3 is 10.1 Å². The lowest BCUT2D eigenvalue weighted by Crippen LogP contribution is -2.05. The number of aryl methyl sites for hydroxylation is 1. The van der Waals surface area contributed by atoms with E-state index in [-0.39, 0.29) is 0 Å². The highest BCUT2D eigenvalue weighted by Crippen LogP contribution is 2.17. The lowest BCUT2D eigenvalue weighted by molar-refractivity contribution is 0.340. The summed E-state index contributed by atoms with van der Waals surface area (Å²) in [4.78, 5) is 0. The lowest BCUT2D eigenvalue weighted by Gasteiger charge is -2.09. The average molecular weight is 231 g/mol. The lowest BCUT2D eigenvalue weighted by atomic mass is 10.3. The Labute approximate surface area is 101 Å². The molecule has 1 aromatic heterocycles. The van der Waals surface area contributed by atoms with E-state index in [0.29, 0.717) is 6.61 Å². The van der Waals surface area contributed by atoms with E-state index in [1.807, 2.05) is 49.0 Å². The zero-order valence-corrected chi connectivity index (χ0v) is 10.2. The van der Waals surface area contributed by atoms with Gasteiger partial charge in [0.1, 0.15) is 5.75 Å². The molecule has 0 fully saturated rings. The quantitative estimate of drug-likeness (QED) is 0.859. The van der Waals surface area contributed by atoms with Crippen LogP contribution < -0.4 is 10.1 Å². The summed E-state index contributed by atoms with van der Waals surface area (Å²) in [6.45, 7) is 3.42. The Morgan fingerprint density at radius 1 is 1.35 bits per heavy atom. The number of hydrogen-bond donors (Lipinski definition) is 1. The predicted molar refractivity (Wildman–Crippen MR) is 68.1 cm³/mol. The maximum atomic E-state index is 5.45. The van der Waals surface area contributed by atoms with Crippen molar-refractivity contribution in [3.8, 4) is 5.75 Å². The molecular weight excluding hydrogens is 214 g/mol. The van der Waals surface area contributed by atoms with E-state index >= 15 is 0 Å². The summed E-state index contributed by atoms with van der Waals surface area (Å²) in [6.07, 6.45) is 1.80. The van der Waals surface area contributed by atoms with Gasteiger partial charge in [-0.2, -0.15) is 5.10 Å². The van der Waals surface area contributed by atoms with E-state index in [1.165, 1.54) is 0 Å². The SMILES string of the molecule is CCOc1cccc(NCc2ccnn2C)c1. The van der Waals surface area contributed by atoms with Crippen LogP contribution in [0, 0.1) is 0 Å². The number of anilines is 1. The molecule has 0 spiro atoms. The van der Waals surface area contributed by atoms with Gasteiger partial charge in [-0.15, -0.1) is 0 Å². The molecule has 4 nitrogen and oxygen atoms in total. The van der Waals surface area contributed by atoms with Gasteiger partial charge in [0.05, 0.1) is 18.8 Å². The van der Waals surface area contributed by atoms with Gasteiger partial charge >= 0.3 is 0 Å². The molecule has 0 radical (unpaired) electrons. The number of ether oxygens (including phenoxy) is 1. The average Bonchev–Trinajstić information content (AvgIpc) is 2.73. The summed E-state index contributed by atoms with van der Waals surface area (Å²) in [5, 5.41) is 7.47. The minimum Gasteiger partial charge on any atom is -0.494 e. The van der Waals surface area contributed by atoms with Crippen LogP contribution in [0.2, 0.25) is 0 Å². The molecule has 0 atom stereocenters. The van der Waals surface area contributed by atoms with Gasteiger partial charge in [-0.25, -0.2) is 0 Å². The second kappa shape index (κ2) is 5.39. The molecule has 0 amide bonds. The van der Waals surface area contributed by atoms with Crippen LogP contribution in [0.25, 0.3) is 0 Å². The van der Waals surface area contributed by atoms with Crippen molar-refractivity contribution in [1.29, 1.82) is 0 Å². The predicted octanol–water partition coefficient (Wildman–Crippen LogP) is 2.43. The van der Waals surface area contributed by atoms with E-state index in [1.54, 1.807) is 6.20 Å². The molecule has 2 rings (SSSR count). The molecular formula is C13H17N3O. The fourth-order valence-electron chi connectivity index (χ4n) is 1.63. The van der Waals surface area contributed by atoms with Gasteiger partial charge in [0.15, 0.2) is 0 Å². The maximum Gasteiger partial charge on any atom is 0.121 e. The van der Waals surface area contributed by atoms with Crippen LogP contribution in [0.3, 0.4) is 0 Å². The van der Waals surface area contributed by atoms with E-state index in [0.717, 1.165) is 23.7 Å². The Bertz CT molecular complexity index is 479. The highest BCUT2D eigenvalue weighted by atomic mass is 16.5. The first kappa shape index (κ1) is 11.5. The van der Waals surface area contributed by atoms with Crippen molar-refractivity contribution in [3.05, 3.63) is 42.2 Å². The van der Waals surface area contributed by atoms with Crippen molar-refractivity contribution >= 4 is 5.69 Å². The topological polar surface area (TPSA) is 39.1 Å². The molecule has 0 aliphatic heterocycles. The Kier molecular flexibility index (Phi) is 3.65. The van der Waals surface area contributed by atoms with Crippen molar-refractivity contribution in [3.63, 3.8) is 0 Å². The standard InChI is InChI=1S/C13H17N3O/c1-3-17-13-6-4-5-11(9-13)14-10-12-7-8-15-16(12)2/h4-9,14H,3,10H2,1-2H3. The minimum atomic E-state index is 0.686. The van der Waals surface area contributed by atoms with Gasteiger partial charge in [-0.05, 0) is 25.1 Å². The molecule has 0 saturated heterocycles. The Morgan fingerprint density at radius 3 is 2.94 bits per heavy atom. The van der Waals surface area contributed by atoms with Gasteiger partial charge in [0, 0.05) is 25.0 Å². The molecule has 2 aromatic rings. The fourth-order valence-corrected chi connectivity index (χ4v) is 1.63. The monoisotopic (exact) mass is 231 g/mol. The number of aromatic nitrogens is 2. The molecule has 4 heteroatoms. The van der Waals surface area contributed by atoms with Crippen molar-refractivity contribution in [2.75, 3.05) is 11.9 Å². The first-order chi connectivity index (χ1) is 8.29. The zero-order chi connectivity index (χ0) is 12.1. The molecule has 0 aliphatic carbocycles. The Balaban J connectivity index is 1.99. The van der Waals surface area contributed by atoms with Crippen LogP contribution in [0.4, 0.5) is 5.69 Å². The smallest absolute Gasteiger partial charge is 0.121 e. The summed E-state index contributed by atoms with van der Waals surface area (Å²) in [7, 11) is 1.94. The number of nitrogens with one attached hydrogen (secondary N) is 1. The molecule has 1 aromatic carbocycles. The molecule has 0 aliphatic rings. The van der Waals surface area contributed by atoms with Crippen LogP contribution in [-0.4, -0.2) is 16.4 Å². The third kappa shape index (κ3) is 3.00. The van der Waals surface area contributed by atoms with Crippen LogP contribution in [-0.2, 0) is 13.6 Å². The minimum absolute atomic E-state index is 0.686. The summed E-state index contributed by atoms with van der Waals surface area (Å²) < 4.78 is 7.31. The number of hydrogen-bond acceptors (Lipinski definition) is 3. The molecule has 0 unspecified atom stereocenters. The normalized spacial score (nSPS) is 10.2. The first-order valence-electron chi connectivity index (χ1n) is 5.73. The molecule has 90 valence electrons. The maximum absolute atomic E-state index is 5.45. The van der Waals surface area contributed by atoms with E-state index in [4.69, 9.17) is 4.74 Å². The Morgan fingerprint density at radius 2 is 2.24 bits per heavy atom. The number of benzene rings is 1. The zero-order valence-electron chi connectivity index (χ0n) is 10.2. The van der Waals surface area contributed by atoms with E-state index < -0.39 is 0 Å². The van der Waals surface area contributed by atoms with E-state index in [2.05, 4.69) is 10.4 Å². The summed E-state index contributed by atoms with van der Waals surface area (Å²) in [6, 6.07) is 9.97. The van der Waals surface area contributed by atoms with Crippen molar-refractivity contribution < 1.29 is 4.74 Å². The van der Waals surface area contributed by atoms with E-state index in [9.17, 15) is 0 Å². The second-order valence-corrected chi connectivity index (χ2v) is 3.76. The third-order valence-electron chi connectivity index (χ3n) is 2.54. The molecule has 0 bridgehead atoms. The van der Waals surface area contributed by atoms with Gasteiger partial charge in [0.2, 0.25) is 0 Å². The highest BCUT2D eigenvalue weighted by Gasteiger charge is 1.99. The van der Waals surface area contributed by atoms with Crippen LogP contribution in [0.15, 0.2) is 36.5 Å². The molecule has 17 heavy (non-hydrogen) atoms. The van der Waals surface area contributed by atoms with Crippen LogP contribution in [0.5, 0.6) is 5.75 Å². The largest absolute Gasteiger partial charge is 0.494 e. The van der Waals surface area contributed by atoms with Crippen LogP contribution >= 0.6 is 0 Å². The number of rotatable bonds is 5. The number of nitrogens with zero attached hydrogens (tertiary/aromatic N) is 2. The van der Waals surface area contributed by atoms with Crippen LogP contribution in [0.1, 0.15) is 12.6 Å². The third-order valence-corrected chi connectivity index (χ3v) is 2.54. The second-order valence-electron chi connectivity index (χ2n) is 3.76. The van der Waals surface area contributed by atoms with Crippen molar-refractivity contribution in [1.82, 2.24) is 9.78 Å². The van der Waals surface area contributed by atoms with Gasteiger partial charge in [-0.3, -0.25) is 4.68 Å². The van der Waals surface area contributed by atoms with Gasteiger partial charge in [0.25, 0.3) is 0 Å². The van der Waals surface area contributed by atoms with Gasteiger partial charge in [-0.1, -0.05) is 6.07 Å². The molecule has 0 saturated carbocycles. The van der Waals surface area contributed by atoms with Crippen molar-refractivity contribution in [2.24, 2.45) is 7.05 Å². The molecule has 1 N–H and O–H groups in total. The van der Waals surface area contributed by atoms with Crippen molar-refractivity contribution in [2.45, 2.75) is 13.5 Å². The summed E-state index contributed by atoms with van der Waals surface area (Å²) in [5.41, 5.74) is 2.20. The highest BCUT2D eigenvalue weighted by molar-refractivity contribution is 5.48. The Hall–Kier alpha value is -1.97. The summed E-state index contributed by atoms with van der Waals surface area (Å²) in [5.74, 6) is 0.891. The molecule has 1 heterocycles.